The number of benzene rings is 2. The van der Waals surface area contributed by atoms with Gasteiger partial charge in [0.25, 0.3) is 0 Å². The summed E-state index contributed by atoms with van der Waals surface area (Å²) < 4.78 is 2.35. The number of H-pyrrole nitrogens is 1. The summed E-state index contributed by atoms with van der Waals surface area (Å²) in [6, 6.07) is 12.6. The molecule has 6 nitrogen and oxygen atoms in total. The molecular weight excluding hydrogens is 410 g/mol. The smallest absolute Gasteiger partial charge is 0.317 e. The minimum Gasteiger partial charge on any atom is -0.326 e. The van der Waals surface area contributed by atoms with Crippen LogP contribution in [0.5, 0.6) is 0 Å². The lowest BCUT2D eigenvalue weighted by molar-refractivity contribution is -0.117. The number of hydrogen-bond acceptors (Lipinski definition) is 3. The van der Waals surface area contributed by atoms with E-state index in [0.29, 0.717) is 16.7 Å². The number of para-hydroxylation sites is 1. The van der Waals surface area contributed by atoms with Gasteiger partial charge in [-0.25, -0.2) is 0 Å². The number of nitrogens with one attached hydrogen (secondary N) is 2. The molecule has 1 unspecified atom stereocenters. The molecule has 2 heterocycles. The van der Waals surface area contributed by atoms with Crippen molar-refractivity contribution in [2.75, 3.05) is 5.32 Å². The number of amides is 1. The van der Waals surface area contributed by atoms with Crippen molar-refractivity contribution in [2.45, 2.75) is 25.8 Å². The van der Waals surface area contributed by atoms with Gasteiger partial charge in [0.15, 0.2) is 0 Å². The molecule has 1 aliphatic heterocycles. The van der Waals surface area contributed by atoms with Gasteiger partial charge in [0.2, 0.25) is 5.91 Å². The first-order valence-corrected chi connectivity index (χ1v) is 9.55. The lowest BCUT2D eigenvalue weighted by Gasteiger charge is -2.32. The van der Waals surface area contributed by atoms with Gasteiger partial charge in [0.1, 0.15) is 0 Å². The summed E-state index contributed by atoms with van der Waals surface area (Å²) in [5.41, 5.74) is 1.71. The van der Waals surface area contributed by atoms with Gasteiger partial charge in [-0.05, 0) is 42.2 Å². The number of halogens is 1. The van der Waals surface area contributed by atoms with E-state index in [1.165, 1.54) is 4.57 Å². The van der Waals surface area contributed by atoms with Gasteiger partial charge in [-0.1, -0.05) is 41.1 Å². The van der Waals surface area contributed by atoms with Crippen LogP contribution in [-0.4, -0.2) is 15.5 Å². The van der Waals surface area contributed by atoms with Gasteiger partial charge in [-0.2, -0.15) is 0 Å². The third-order valence-electron chi connectivity index (χ3n) is 5.04. The first kappa shape index (κ1) is 17.7. The van der Waals surface area contributed by atoms with E-state index < -0.39 is 11.1 Å². The molecule has 4 rings (SSSR count). The Morgan fingerprint density at radius 3 is 2.74 bits per heavy atom. The molecule has 0 spiro atoms. The number of carbonyl (C=O) groups excluding carboxylic acids is 1. The predicted molar refractivity (Wildman–Crippen MR) is 108 cm³/mol. The summed E-state index contributed by atoms with van der Waals surface area (Å²) in [7, 11) is 0. The summed E-state index contributed by atoms with van der Waals surface area (Å²) in [6.45, 7) is 2.00. The number of rotatable bonds is 3. The molecule has 0 saturated carbocycles. The van der Waals surface area contributed by atoms with Crippen LogP contribution in [-0.2, 0) is 11.2 Å². The van der Waals surface area contributed by atoms with Gasteiger partial charge in [0, 0.05) is 22.6 Å². The van der Waals surface area contributed by atoms with Crippen molar-refractivity contribution in [2.24, 2.45) is 5.92 Å². The number of carbonyl (C=O) groups is 1. The maximum Gasteiger partial charge on any atom is 0.317 e. The molecule has 0 saturated heterocycles. The number of hydrogen-bond donors (Lipinski definition) is 2. The summed E-state index contributed by atoms with van der Waals surface area (Å²) in [5.74, 6) is -0.144. The van der Waals surface area contributed by atoms with Crippen LogP contribution < -0.4 is 16.4 Å². The largest absolute Gasteiger partial charge is 0.326 e. The highest BCUT2D eigenvalue weighted by Gasteiger charge is 2.31. The second-order valence-electron chi connectivity index (χ2n) is 6.96. The molecule has 3 aromatic rings. The Morgan fingerprint density at radius 2 is 2.00 bits per heavy atom. The number of aromatic amines is 1. The van der Waals surface area contributed by atoms with Gasteiger partial charge in [0.05, 0.1) is 11.0 Å². The third-order valence-corrected chi connectivity index (χ3v) is 5.50. The van der Waals surface area contributed by atoms with Crippen molar-refractivity contribution < 1.29 is 4.79 Å². The first-order valence-electron chi connectivity index (χ1n) is 8.76. The highest BCUT2D eigenvalue weighted by molar-refractivity contribution is 9.10. The van der Waals surface area contributed by atoms with E-state index in [1.807, 2.05) is 43.3 Å². The van der Waals surface area contributed by atoms with Crippen LogP contribution in [0.2, 0.25) is 0 Å². The molecule has 0 aliphatic carbocycles. The van der Waals surface area contributed by atoms with E-state index in [0.717, 1.165) is 16.5 Å². The maximum absolute atomic E-state index is 12.7. The topological polar surface area (TPSA) is 84.0 Å². The highest BCUT2D eigenvalue weighted by atomic mass is 79.9. The lowest BCUT2D eigenvalue weighted by Crippen LogP contribution is -2.43. The quantitative estimate of drug-likeness (QED) is 0.629. The average Bonchev–Trinajstić information content (AvgIpc) is 2.62. The highest BCUT2D eigenvalue weighted by Crippen LogP contribution is 2.35. The van der Waals surface area contributed by atoms with Crippen molar-refractivity contribution in [3.8, 4) is 0 Å². The number of nitrogens with zero attached hydrogens (tertiary/aromatic N) is 1. The van der Waals surface area contributed by atoms with Crippen LogP contribution in [0.15, 0.2) is 56.5 Å². The minimum atomic E-state index is -0.672. The molecule has 2 atom stereocenters. The Labute approximate surface area is 163 Å². The second kappa shape index (κ2) is 6.81. The SMILES string of the molecule is C[C@H]1Cc2cc(Br)cc3[nH]c(=O)c(=O)n(c23)C1CC(=O)Nc1ccccc1. The molecule has 0 radical (unpaired) electrons. The van der Waals surface area contributed by atoms with Crippen molar-refractivity contribution >= 4 is 38.6 Å². The molecule has 1 aromatic heterocycles. The Kier molecular flexibility index (Phi) is 4.47. The average molecular weight is 428 g/mol. The van der Waals surface area contributed by atoms with Crippen molar-refractivity contribution in [3.63, 3.8) is 0 Å². The van der Waals surface area contributed by atoms with Crippen molar-refractivity contribution in [1.82, 2.24) is 9.55 Å². The Balaban J connectivity index is 1.77. The van der Waals surface area contributed by atoms with Gasteiger partial charge >= 0.3 is 11.1 Å². The molecule has 2 aromatic carbocycles. The zero-order valence-corrected chi connectivity index (χ0v) is 16.2. The minimum absolute atomic E-state index is 0.0380. The second-order valence-corrected chi connectivity index (χ2v) is 7.87. The van der Waals surface area contributed by atoms with Crippen LogP contribution in [0.3, 0.4) is 0 Å². The van der Waals surface area contributed by atoms with Crippen LogP contribution in [0.4, 0.5) is 5.69 Å². The van der Waals surface area contributed by atoms with Gasteiger partial charge in [-0.15, -0.1) is 0 Å². The number of aromatic nitrogens is 2. The third kappa shape index (κ3) is 3.23. The van der Waals surface area contributed by atoms with Crippen LogP contribution >= 0.6 is 15.9 Å². The summed E-state index contributed by atoms with van der Waals surface area (Å²) in [5, 5.41) is 2.86. The van der Waals surface area contributed by atoms with E-state index in [9.17, 15) is 14.4 Å². The molecule has 7 heteroatoms. The standard InChI is InChI=1S/C20H18BrN3O3/c1-11-7-12-8-13(21)9-15-18(12)24(20(27)19(26)23-15)16(11)10-17(25)22-14-5-3-2-4-6-14/h2-6,8-9,11,16H,7,10H2,1H3,(H,22,25)(H,23,26)/t11-,16?/m0/s1. The molecule has 27 heavy (non-hydrogen) atoms. The molecule has 2 N–H and O–H groups in total. The van der Waals surface area contributed by atoms with E-state index in [1.54, 1.807) is 6.07 Å². The summed E-state index contributed by atoms with van der Waals surface area (Å²) >= 11 is 3.45. The first-order chi connectivity index (χ1) is 12.9. The van der Waals surface area contributed by atoms with Crippen LogP contribution in [0, 0.1) is 5.92 Å². The monoisotopic (exact) mass is 427 g/mol. The van der Waals surface area contributed by atoms with Crippen LogP contribution in [0.1, 0.15) is 24.9 Å². The summed E-state index contributed by atoms with van der Waals surface area (Å²) in [6.07, 6.45) is 0.856. The fourth-order valence-electron chi connectivity index (χ4n) is 3.85. The predicted octanol–water partition coefficient (Wildman–Crippen LogP) is 3.21. The molecule has 0 fully saturated rings. The van der Waals surface area contributed by atoms with Gasteiger partial charge in [-0.3, -0.25) is 19.0 Å². The molecule has 0 bridgehead atoms. The van der Waals surface area contributed by atoms with Crippen LogP contribution in [0.25, 0.3) is 11.0 Å². The zero-order valence-electron chi connectivity index (χ0n) is 14.7. The van der Waals surface area contributed by atoms with E-state index >= 15 is 0 Å². The molecule has 1 aliphatic rings. The molecule has 138 valence electrons. The number of anilines is 1. The Morgan fingerprint density at radius 1 is 1.26 bits per heavy atom. The fourth-order valence-corrected chi connectivity index (χ4v) is 4.35. The van der Waals surface area contributed by atoms with E-state index in [-0.39, 0.29) is 24.3 Å². The maximum atomic E-state index is 12.7. The van der Waals surface area contributed by atoms with Gasteiger partial charge < -0.3 is 10.3 Å². The van der Waals surface area contributed by atoms with Crippen molar-refractivity contribution in [1.29, 1.82) is 0 Å². The Bertz CT molecular complexity index is 1150. The van der Waals surface area contributed by atoms with E-state index in [2.05, 4.69) is 26.2 Å². The van der Waals surface area contributed by atoms with E-state index in [4.69, 9.17) is 0 Å². The Hall–Kier alpha value is -2.67. The summed E-state index contributed by atoms with van der Waals surface area (Å²) in [4.78, 5) is 40.1. The normalized spacial score (nSPS) is 18.4. The molecule has 1 amide bonds. The molecular formula is C20H18BrN3O3. The zero-order chi connectivity index (χ0) is 19.1. The fraction of sp³-hybridized carbons (Fsp3) is 0.250. The lowest BCUT2D eigenvalue weighted by atomic mass is 9.87. The van der Waals surface area contributed by atoms with Crippen molar-refractivity contribution in [3.05, 3.63) is 73.2 Å².